The van der Waals surface area contributed by atoms with Crippen molar-refractivity contribution >= 4 is 11.8 Å². The Kier molecular flexibility index (Phi) is 7.15. The molecule has 2 heterocycles. The Morgan fingerprint density at radius 3 is 2.65 bits per heavy atom. The smallest absolute Gasteiger partial charge is 0.260 e. The number of aromatic nitrogens is 2. The van der Waals surface area contributed by atoms with Gasteiger partial charge in [0, 0.05) is 19.2 Å². The van der Waals surface area contributed by atoms with Gasteiger partial charge in [-0.3, -0.25) is 4.99 Å². The molecule has 12 nitrogen and oxygen atoms in total. The van der Waals surface area contributed by atoms with Crippen LogP contribution in [0.15, 0.2) is 22.2 Å². The van der Waals surface area contributed by atoms with Crippen molar-refractivity contribution in [2.75, 3.05) is 25.4 Å². The third kappa shape index (κ3) is 5.29. The second-order valence-electron chi connectivity index (χ2n) is 5.69. The van der Waals surface area contributed by atoms with E-state index in [9.17, 15) is 10.2 Å². The first kappa shape index (κ1) is 19.9. The molecule has 0 aliphatic carbocycles. The van der Waals surface area contributed by atoms with Crippen molar-refractivity contribution in [2.24, 2.45) is 21.5 Å². The first-order chi connectivity index (χ1) is 12.4. The SMILES string of the molecule is NC(N)=NCCCCN=c1nc(N)ccn1O[C@@H]1O[C@H](CO)[C@@H](O)[C@H]1O. The van der Waals surface area contributed by atoms with Gasteiger partial charge >= 0.3 is 0 Å². The molecule has 4 atom stereocenters. The second kappa shape index (κ2) is 9.33. The van der Waals surface area contributed by atoms with Gasteiger partial charge in [0.15, 0.2) is 5.96 Å². The zero-order chi connectivity index (χ0) is 19.1. The summed E-state index contributed by atoms with van der Waals surface area (Å²) in [5.74, 6) is 0.287. The molecule has 0 saturated carbocycles. The lowest BCUT2D eigenvalue weighted by Crippen LogP contribution is -2.42. The zero-order valence-corrected chi connectivity index (χ0v) is 14.2. The lowest BCUT2D eigenvalue weighted by Gasteiger charge is -2.17. The first-order valence-corrected chi connectivity index (χ1v) is 8.13. The van der Waals surface area contributed by atoms with Crippen LogP contribution in [0.2, 0.25) is 0 Å². The zero-order valence-electron chi connectivity index (χ0n) is 14.2. The standard InChI is InChI=1S/C14H25N7O5/c15-9-3-6-21(26-12-11(24)10(23)8(7-22)25-12)14(20-9)19-5-2-1-4-18-13(16)17/h3,6,8,10-12,22-24H,1-2,4-5,7H2,(H2,15,19,20)(H4,16,17,18)/t8-,10-,11-,12+/m1/s1. The van der Waals surface area contributed by atoms with E-state index in [1.807, 2.05) is 0 Å². The van der Waals surface area contributed by atoms with Gasteiger partial charge in [-0.15, -0.1) is 0 Å². The van der Waals surface area contributed by atoms with Gasteiger partial charge in [-0.25, -0.2) is 4.99 Å². The predicted octanol–water partition coefficient (Wildman–Crippen LogP) is -3.71. The summed E-state index contributed by atoms with van der Waals surface area (Å²) in [6.45, 7) is 0.479. The minimum absolute atomic E-state index is 0.0455. The largest absolute Gasteiger partial charge is 0.394 e. The van der Waals surface area contributed by atoms with Crippen molar-refractivity contribution in [2.45, 2.75) is 37.4 Å². The quantitative estimate of drug-likeness (QED) is 0.151. The molecule has 0 unspecified atom stereocenters. The maximum absolute atomic E-state index is 9.95. The molecule has 1 aliphatic rings. The second-order valence-corrected chi connectivity index (χ2v) is 5.69. The summed E-state index contributed by atoms with van der Waals surface area (Å²) >= 11 is 0. The van der Waals surface area contributed by atoms with Gasteiger partial charge in [-0.2, -0.15) is 9.71 Å². The third-order valence-corrected chi connectivity index (χ3v) is 3.64. The fourth-order valence-electron chi connectivity index (χ4n) is 2.28. The van der Waals surface area contributed by atoms with Crippen molar-refractivity contribution in [3.63, 3.8) is 0 Å². The molecule has 2 rings (SSSR count). The van der Waals surface area contributed by atoms with Gasteiger partial charge in [-0.05, 0) is 12.8 Å². The molecular formula is C14H25N7O5. The minimum Gasteiger partial charge on any atom is -0.394 e. The van der Waals surface area contributed by atoms with E-state index in [4.69, 9.17) is 31.9 Å². The Hall–Kier alpha value is -2.41. The van der Waals surface area contributed by atoms with E-state index >= 15 is 0 Å². The number of aliphatic hydroxyl groups is 3. The molecule has 1 aliphatic heterocycles. The number of guanidine groups is 1. The van der Waals surface area contributed by atoms with E-state index in [0.29, 0.717) is 19.5 Å². The lowest BCUT2D eigenvalue weighted by molar-refractivity contribution is -0.174. The van der Waals surface area contributed by atoms with Crippen molar-refractivity contribution in [3.8, 4) is 0 Å². The number of anilines is 1. The van der Waals surface area contributed by atoms with E-state index in [-0.39, 0.29) is 17.4 Å². The summed E-state index contributed by atoms with van der Waals surface area (Å²) < 4.78 is 6.46. The Bertz CT molecular complexity index is 676. The Balaban J connectivity index is 2.03. The van der Waals surface area contributed by atoms with Crippen LogP contribution in [-0.2, 0) is 4.74 Å². The number of hydrogen-bond donors (Lipinski definition) is 6. The van der Waals surface area contributed by atoms with Crippen LogP contribution < -0.4 is 27.7 Å². The molecule has 9 N–H and O–H groups in total. The fraction of sp³-hybridized carbons (Fsp3) is 0.643. The maximum Gasteiger partial charge on any atom is 0.260 e. The van der Waals surface area contributed by atoms with Crippen molar-refractivity contribution < 1.29 is 24.9 Å². The average Bonchev–Trinajstić information content (AvgIpc) is 2.87. The molecule has 12 heteroatoms. The molecule has 1 aromatic heterocycles. The van der Waals surface area contributed by atoms with Crippen LogP contribution in [0.5, 0.6) is 0 Å². The number of aliphatic hydroxyl groups excluding tert-OH is 3. The minimum atomic E-state index is -1.33. The molecule has 0 amide bonds. The molecule has 0 radical (unpaired) electrons. The average molecular weight is 371 g/mol. The summed E-state index contributed by atoms with van der Waals surface area (Å²) in [6.07, 6.45) is -1.80. The molecule has 1 aromatic rings. The van der Waals surface area contributed by atoms with Gasteiger partial charge in [0.05, 0.1) is 12.8 Å². The fourth-order valence-corrected chi connectivity index (χ4v) is 2.28. The molecule has 0 aromatic carbocycles. The third-order valence-electron chi connectivity index (χ3n) is 3.64. The van der Waals surface area contributed by atoms with Crippen LogP contribution in [0, 0.1) is 0 Å². The number of aliphatic imine (C=N–C) groups is 1. The maximum atomic E-state index is 9.95. The van der Waals surface area contributed by atoms with E-state index in [1.54, 1.807) is 0 Å². The van der Waals surface area contributed by atoms with Crippen molar-refractivity contribution in [1.82, 2.24) is 9.71 Å². The first-order valence-electron chi connectivity index (χ1n) is 8.13. The number of hydrogen-bond acceptors (Lipinski definition) is 9. The molecule has 0 bridgehead atoms. The molecular weight excluding hydrogens is 346 g/mol. The highest BCUT2D eigenvalue weighted by atomic mass is 16.8. The van der Waals surface area contributed by atoms with Crippen LogP contribution in [0.4, 0.5) is 5.82 Å². The van der Waals surface area contributed by atoms with Crippen LogP contribution in [0.3, 0.4) is 0 Å². The van der Waals surface area contributed by atoms with E-state index < -0.39 is 31.2 Å². The van der Waals surface area contributed by atoms with Crippen LogP contribution in [0.1, 0.15) is 12.8 Å². The summed E-state index contributed by atoms with van der Waals surface area (Å²) in [4.78, 5) is 17.7. The number of ether oxygens (including phenoxy) is 1. The number of rotatable bonds is 8. The molecule has 26 heavy (non-hydrogen) atoms. The van der Waals surface area contributed by atoms with E-state index in [1.165, 1.54) is 17.0 Å². The summed E-state index contributed by atoms with van der Waals surface area (Å²) in [5.41, 5.74) is 16.3. The van der Waals surface area contributed by atoms with E-state index in [0.717, 1.165) is 6.42 Å². The van der Waals surface area contributed by atoms with Gasteiger partial charge in [0.25, 0.3) is 11.9 Å². The van der Waals surface area contributed by atoms with Crippen LogP contribution >= 0.6 is 0 Å². The van der Waals surface area contributed by atoms with Crippen LogP contribution in [-0.4, -0.2) is 75.3 Å². The molecule has 146 valence electrons. The Labute approximate surface area is 149 Å². The number of nitrogens with zero attached hydrogens (tertiary/aromatic N) is 4. The highest BCUT2D eigenvalue weighted by Crippen LogP contribution is 2.20. The van der Waals surface area contributed by atoms with Gasteiger partial charge in [0.2, 0.25) is 0 Å². The highest BCUT2D eigenvalue weighted by molar-refractivity contribution is 5.75. The summed E-state index contributed by atoms with van der Waals surface area (Å²) in [5, 5.41) is 28.8. The molecule has 1 fully saturated rings. The van der Waals surface area contributed by atoms with Gasteiger partial charge in [0.1, 0.15) is 24.1 Å². The normalized spacial score (nSPS) is 26.0. The van der Waals surface area contributed by atoms with Crippen LogP contribution in [0.25, 0.3) is 0 Å². The predicted molar refractivity (Wildman–Crippen MR) is 91.3 cm³/mol. The Morgan fingerprint density at radius 2 is 2.00 bits per heavy atom. The van der Waals surface area contributed by atoms with Gasteiger partial charge in [-0.1, -0.05) is 0 Å². The van der Waals surface area contributed by atoms with Gasteiger partial charge < -0.3 is 42.1 Å². The molecule has 1 saturated heterocycles. The number of unbranched alkanes of at least 4 members (excludes halogenated alkanes) is 1. The van der Waals surface area contributed by atoms with Crippen molar-refractivity contribution in [3.05, 3.63) is 17.9 Å². The summed E-state index contributed by atoms with van der Waals surface area (Å²) in [6, 6.07) is 1.49. The lowest BCUT2D eigenvalue weighted by atomic mass is 10.1. The summed E-state index contributed by atoms with van der Waals surface area (Å²) in [7, 11) is 0. The highest BCUT2D eigenvalue weighted by Gasteiger charge is 2.44. The number of nitrogen functional groups attached to an aromatic ring is 1. The van der Waals surface area contributed by atoms with Crippen molar-refractivity contribution in [1.29, 1.82) is 0 Å². The van der Waals surface area contributed by atoms with E-state index in [2.05, 4.69) is 15.0 Å². The Morgan fingerprint density at radius 1 is 1.27 bits per heavy atom. The molecule has 0 spiro atoms. The number of nitrogens with two attached hydrogens (primary N) is 3. The monoisotopic (exact) mass is 371 g/mol. The topological polar surface area (TPSA) is 200 Å².